The second kappa shape index (κ2) is 38.5. The first kappa shape index (κ1) is 65.3. The molecular formula is C54H97NO18. The molecule has 17 atom stereocenters. The highest BCUT2D eigenvalue weighted by atomic mass is 16.8. The number of aliphatic hydroxyl groups excluding tert-OH is 11. The Bertz CT molecular complexity index is 1490. The van der Waals surface area contributed by atoms with Crippen molar-refractivity contribution in [1.82, 2.24) is 5.32 Å². The van der Waals surface area contributed by atoms with Crippen molar-refractivity contribution in [2.45, 2.75) is 272 Å². The van der Waals surface area contributed by atoms with Crippen LogP contribution in [0.15, 0.2) is 36.5 Å². The Labute approximate surface area is 434 Å². The highest BCUT2D eigenvalue weighted by Gasteiger charge is 2.53. The van der Waals surface area contributed by atoms with E-state index in [2.05, 4.69) is 43.5 Å². The lowest BCUT2D eigenvalue weighted by atomic mass is 9.96. The van der Waals surface area contributed by atoms with Crippen LogP contribution in [0.4, 0.5) is 0 Å². The lowest BCUT2D eigenvalue weighted by Crippen LogP contribution is -2.66. The quantitative estimate of drug-likeness (QED) is 0.0310. The normalized spacial score (nSPS) is 32.0. The van der Waals surface area contributed by atoms with Crippen LogP contribution >= 0.6 is 0 Å². The number of carbonyl (C=O) groups excluding carboxylic acids is 1. The van der Waals surface area contributed by atoms with Gasteiger partial charge in [0.05, 0.1) is 38.6 Å². The molecule has 0 aromatic heterocycles. The Morgan fingerprint density at radius 3 is 1.34 bits per heavy atom. The number of ether oxygens (including phenoxy) is 6. The van der Waals surface area contributed by atoms with Gasteiger partial charge in [0.15, 0.2) is 18.9 Å². The molecule has 19 nitrogen and oxygen atoms in total. The van der Waals surface area contributed by atoms with E-state index in [4.69, 9.17) is 28.4 Å². The van der Waals surface area contributed by atoms with Gasteiger partial charge in [-0.15, -0.1) is 0 Å². The molecular weight excluding hydrogens is 951 g/mol. The van der Waals surface area contributed by atoms with Gasteiger partial charge in [0.1, 0.15) is 73.2 Å². The van der Waals surface area contributed by atoms with Crippen LogP contribution in [0.5, 0.6) is 0 Å². The Morgan fingerprint density at radius 2 is 0.877 bits per heavy atom. The van der Waals surface area contributed by atoms with Crippen LogP contribution in [0.3, 0.4) is 0 Å². The molecule has 0 radical (unpaired) electrons. The van der Waals surface area contributed by atoms with Crippen molar-refractivity contribution < 1.29 is 89.4 Å². The van der Waals surface area contributed by atoms with Crippen LogP contribution in [-0.4, -0.2) is 193 Å². The fourth-order valence-corrected chi connectivity index (χ4v) is 9.29. The summed E-state index contributed by atoms with van der Waals surface area (Å²) in [5, 5.41) is 120. The molecule has 19 heteroatoms. The van der Waals surface area contributed by atoms with Crippen molar-refractivity contribution in [3.63, 3.8) is 0 Å². The molecule has 0 aromatic carbocycles. The third kappa shape index (κ3) is 23.7. The minimum absolute atomic E-state index is 0.235. The number of unbranched alkanes of at least 4 members (excludes halogenated alkanes) is 19. The molecule has 3 fully saturated rings. The molecule has 0 aliphatic carbocycles. The number of hydrogen-bond acceptors (Lipinski definition) is 18. The number of allylic oxidation sites excluding steroid dienone is 5. The van der Waals surface area contributed by atoms with E-state index >= 15 is 0 Å². The Morgan fingerprint density at radius 1 is 0.479 bits per heavy atom. The molecule has 3 aliphatic heterocycles. The van der Waals surface area contributed by atoms with Crippen LogP contribution in [-0.2, 0) is 33.2 Å². The number of aliphatic hydroxyl groups is 11. The Hall–Kier alpha value is -1.99. The summed E-state index contributed by atoms with van der Waals surface area (Å²) in [7, 11) is 0. The summed E-state index contributed by atoms with van der Waals surface area (Å²) in [6.45, 7) is 1.59. The first-order valence-electron chi connectivity index (χ1n) is 27.7. The van der Waals surface area contributed by atoms with Gasteiger partial charge in [0.2, 0.25) is 5.91 Å². The lowest BCUT2D eigenvalue weighted by Gasteiger charge is -2.48. The molecule has 1 amide bonds. The average molecular weight is 1050 g/mol. The van der Waals surface area contributed by atoms with Crippen molar-refractivity contribution >= 4 is 5.91 Å². The molecule has 12 N–H and O–H groups in total. The largest absolute Gasteiger partial charge is 0.394 e. The number of amides is 1. The van der Waals surface area contributed by atoms with Gasteiger partial charge in [0.25, 0.3) is 0 Å². The lowest BCUT2D eigenvalue weighted by molar-refractivity contribution is -0.379. The zero-order valence-corrected chi connectivity index (χ0v) is 43.9. The molecule has 0 bridgehead atoms. The van der Waals surface area contributed by atoms with Crippen molar-refractivity contribution in [1.29, 1.82) is 0 Å². The standard InChI is InChI=1S/C54H97NO18/c1-3-5-7-9-11-13-15-16-17-18-19-20-22-24-26-28-30-32-42(60)55-37(38(59)31-29-27-25-23-21-14-12-10-8-6-4-2)36-68-52-48(66)45(63)50(40(34-57)70-52)73-54-49(67)46(64)51(41(35-58)71-54)72-53-47(65)44(62)43(61)39(33-56)69-53/h8,10,21,23,29,31,37-41,43-54,56-59,61-67H,3-7,9,11-20,22,24-28,30,32-36H2,1-2H3,(H,55,60)/b10-8+,23-21+,31-29+. The number of carbonyl (C=O) groups is 1. The van der Waals surface area contributed by atoms with E-state index in [0.29, 0.717) is 12.8 Å². The molecule has 0 saturated carbocycles. The molecule has 3 rings (SSSR count). The molecule has 17 unspecified atom stereocenters. The zero-order valence-electron chi connectivity index (χ0n) is 43.9. The maximum Gasteiger partial charge on any atom is 0.220 e. The second-order valence-electron chi connectivity index (χ2n) is 20.0. The van der Waals surface area contributed by atoms with E-state index in [1.807, 2.05) is 6.08 Å². The van der Waals surface area contributed by atoms with Crippen LogP contribution in [0, 0.1) is 0 Å². The monoisotopic (exact) mass is 1050 g/mol. The summed E-state index contributed by atoms with van der Waals surface area (Å²) in [5.41, 5.74) is 0. The third-order valence-corrected chi connectivity index (χ3v) is 13.9. The first-order chi connectivity index (χ1) is 35.3. The summed E-state index contributed by atoms with van der Waals surface area (Å²) in [6, 6.07) is -0.990. The van der Waals surface area contributed by atoms with E-state index in [-0.39, 0.29) is 18.9 Å². The van der Waals surface area contributed by atoms with Crippen LogP contribution in [0.2, 0.25) is 0 Å². The average Bonchev–Trinajstić information content (AvgIpc) is 3.39. The highest BCUT2D eigenvalue weighted by Crippen LogP contribution is 2.33. The maximum absolute atomic E-state index is 13.3. The van der Waals surface area contributed by atoms with E-state index in [0.717, 1.165) is 51.4 Å². The smallest absolute Gasteiger partial charge is 0.220 e. The van der Waals surface area contributed by atoms with Gasteiger partial charge >= 0.3 is 0 Å². The molecule has 3 saturated heterocycles. The van der Waals surface area contributed by atoms with Gasteiger partial charge in [-0.25, -0.2) is 0 Å². The summed E-state index contributed by atoms with van der Waals surface area (Å²) in [4.78, 5) is 13.3. The fraction of sp³-hybridized carbons (Fsp3) is 0.870. The zero-order chi connectivity index (χ0) is 53.4. The van der Waals surface area contributed by atoms with E-state index in [1.54, 1.807) is 6.08 Å². The number of hydrogen-bond donors (Lipinski definition) is 12. The number of rotatable bonds is 39. The summed E-state index contributed by atoms with van der Waals surface area (Å²) < 4.78 is 34.1. The molecule has 3 aliphatic rings. The minimum Gasteiger partial charge on any atom is -0.394 e. The van der Waals surface area contributed by atoms with Crippen molar-refractivity contribution in [3.8, 4) is 0 Å². The Kier molecular flexibility index (Phi) is 34.5. The molecule has 73 heavy (non-hydrogen) atoms. The molecule has 0 spiro atoms. The van der Waals surface area contributed by atoms with Gasteiger partial charge in [-0.3, -0.25) is 4.79 Å². The molecule has 3 heterocycles. The van der Waals surface area contributed by atoms with E-state index in [9.17, 15) is 61.0 Å². The summed E-state index contributed by atoms with van der Waals surface area (Å²) in [6.07, 6.45) is 11.5. The fourth-order valence-electron chi connectivity index (χ4n) is 9.29. The summed E-state index contributed by atoms with van der Waals surface area (Å²) >= 11 is 0. The predicted octanol–water partition coefficient (Wildman–Crippen LogP) is 3.37. The van der Waals surface area contributed by atoms with Crippen molar-refractivity contribution in [3.05, 3.63) is 36.5 Å². The van der Waals surface area contributed by atoms with Crippen LogP contribution in [0.1, 0.15) is 168 Å². The highest BCUT2D eigenvalue weighted by molar-refractivity contribution is 5.76. The van der Waals surface area contributed by atoms with Crippen LogP contribution in [0.25, 0.3) is 0 Å². The van der Waals surface area contributed by atoms with E-state index < -0.39 is 124 Å². The SMILES string of the molecule is CCC/C=C/CC/C=C/CC/C=C/C(O)C(COC1OC(CO)C(OC2OC(CO)C(OC3OC(CO)C(O)C(O)C3O)C(O)C2O)C(O)C1O)NC(=O)CCCCCCCCCCCCCCCCCCC. The van der Waals surface area contributed by atoms with Gasteiger partial charge in [0, 0.05) is 6.42 Å². The van der Waals surface area contributed by atoms with Crippen molar-refractivity contribution in [2.24, 2.45) is 0 Å². The predicted molar refractivity (Wildman–Crippen MR) is 272 cm³/mol. The molecule has 0 aromatic rings. The summed E-state index contributed by atoms with van der Waals surface area (Å²) in [5.74, 6) is -0.292. The first-order valence-corrected chi connectivity index (χ1v) is 27.7. The minimum atomic E-state index is -1.98. The van der Waals surface area contributed by atoms with Gasteiger partial charge < -0.3 is 89.9 Å². The van der Waals surface area contributed by atoms with Gasteiger partial charge in [-0.05, 0) is 38.5 Å². The van der Waals surface area contributed by atoms with E-state index in [1.165, 1.54) is 83.5 Å². The molecule has 426 valence electrons. The topological polar surface area (TPSA) is 307 Å². The van der Waals surface area contributed by atoms with Crippen LogP contribution < -0.4 is 5.32 Å². The maximum atomic E-state index is 13.3. The Balaban J connectivity index is 1.53. The van der Waals surface area contributed by atoms with Gasteiger partial charge in [-0.1, -0.05) is 159 Å². The third-order valence-electron chi connectivity index (χ3n) is 13.9. The van der Waals surface area contributed by atoms with Gasteiger partial charge in [-0.2, -0.15) is 0 Å². The number of nitrogens with one attached hydrogen (secondary N) is 1. The van der Waals surface area contributed by atoms with Crippen molar-refractivity contribution in [2.75, 3.05) is 26.4 Å². The second-order valence-corrected chi connectivity index (χ2v) is 20.0.